The predicted molar refractivity (Wildman–Crippen MR) is 101 cm³/mol. The maximum Gasteiger partial charge on any atom is 0.586 e. The van der Waals surface area contributed by atoms with Crippen LogP contribution < -0.4 is 14.8 Å². The van der Waals surface area contributed by atoms with Crippen molar-refractivity contribution in [2.75, 3.05) is 5.32 Å². The van der Waals surface area contributed by atoms with Crippen LogP contribution in [-0.2, 0) is 6.54 Å². The van der Waals surface area contributed by atoms with Gasteiger partial charge in [-0.25, -0.2) is 9.97 Å². The topological polar surface area (TPSA) is 69.2 Å². The number of thiophene rings is 1. The monoisotopic (exact) mass is 398 g/mol. The van der Waals surface area contributed by atoms with Gasteiger partial charge in [0, 0.05) is 17.1 Å². The lowest BCUT2D eigenvalue weighted by Gasteiger charge is -2.08. The molecule has 28 heavy (non-hydrogen) atoms. The van der Waals surface area contributed by atoms with Gasteiger partial charge in [0.25, 0.3) is 0 Å². The SMILES string of the molecule is FC1(F)Oc2ccc(-c3csc4ncnc(NCc5ccccn5)c34)cc2O1. The normalized spacial score (nSPS) is 14.4. The van der Waals surface area contributed by atoms with E-state index in [2.05, 4.69) is 29.7 Å². The van der Waals surface area contributed by atoms with Crippen molar-refractivity contribution in [2.45, 2.75) is 12.8 Å². The Hall–Kier alpha value is -3.33. The van der Waals surface area contributed by atoms with E-state index in [1.807, 2.05) is 23.6 Å². The van der Waals surface area contributed by atoms with Gasteiger partial charge in [0.15, 0.2) is 11.5 Å². The van der Waals surface area contributed by atoms with Gasteiger partial charge >= 0.3 is 6.29 Å². The van der Waals surface area contributed by atoms with Crippen molar-refractivity contribution >= 4 is 27.4 Å². The molecule has 5 rings (SSSR count). The number of hydrogen-bond acceptors (Lipinski definition) is 7. The summed E-state index contributed by atoms with van der Waals surface area (Å²) in [6, 6.07) is 10.4. The second-order valence-corrected chi connectivity index (χ2v) is 6.91. The number of nitrogens with zero attached hydrogens (tertiary/aromatic N) is 3. The molecule has 9 heteroatoms. The molecule has 0 amide bonds. The Morgan fingerprint density at radius 2 is 1.93 bits per heavy atom. The lowest BCUT2D eigenvalue weighted by atomic mass is 10.1. The molecule has 0 fully saturated rings. The van der Waals surface area contributed by atoms with Crippen molar-refractivity contribution in [3.8, 4) is 22.6 Å². The van der Waals surface area contributed by atoms with Crippen LogP contribution in [0.15, 0.2) is 54.3 Å². The molecule has 1 aromatic carbocycles. The number of rotatable bonds is 4. The van der Waals surface area contributed by atoms with Crippen molar-refractivity contribution in [1.29, 1.82) is 0 Å². The van der Waals surface area contributed by atoms with Crippen LogP contribution in [0.25, 0.3) is 21.3 Å². The summed E-state index contributed by atoms with van der Waals surface area (Å²) in [6.45, 7) is 0.496. The van der Waals surface area contributed by atoms with E-state index in [0.29, 0.717) is 17.9 Å². The number of nitrogens with one attached hydrogen (secondary N) is 1. The van der Waals surface area contributed by atoms with Crippen LogP contribution in [0.2, 0.25) is 0 Å². The third-order valence-corrected chi connectivity index (χ3v) is 5.13. The molecule has 0 aliphatic carbocycles. The second kappa shape index (κ2) is 6.38. The van der Waals surface area contributed by atoms with E-state index in [1.54, 1.807) is 12.3 Å². The molecule has 3 aromatic heterocycles. The summed E-state index contributed by atoms with van der Waals surface area (Å²) in [7, 11) is 0. The standard InChI is InChI=1S/C19H12F2N4O2S/c20-19(21)26-14-5-4-11(7-15(14)27-19)13-9-28-18-16(13)17(24-10-25-18)23-8-12-3-1-2-6-22-12/h1-7,9-10H,8H2,(H,23,24,25). The fourth-order valence-electron chi connectivity index (χ4n) is 3.02. The largest absolute Gasteiger partial charge is 0.586 e. The van der Waals surface area contributed by atoms with Gasteiger partial charge < -0.3 is 14.8 Å². The third-order valence-electron chi connectivity index (χ3n) is 4.25. The first-order chi connectivity index (χ1) is 13.6. The van der Waals surface area contributed by atoms with Crippen molar-refractivity contribution in [3.63, 3.8) is 0 Å². The van der Waals surface area contributed by atoms with Gasteiger partial charge in [0.1, 0.15) is 17.0 Å². The molecule has 0 radical (unpaired) electrons. The average molecular weight is 398 g/mol. The highest BCUT2D eigenvalue weighted by Gasteiger charge is 2.43. The van der Waals surface area contributed by atoms with Crippen molar-refractivity contribution in [3.05, 3.63) is 60.0 Å². The van der Waals surface area contributed by atoms with Gasteiger partial charge in [-0.15, -0.1) is 20.1 Å². The highest BCUT2D eigenvalue weighted by molar-refractivity contribution is 7.17. The van der Waals surface area contributed by atoms with Crippen molar-refractivity contribution < 1.29 is 18.3 Å². The van der Waals surface area contributed by atoms with Crippen LogP contribution in [0.5, 0.6) is 11.5 Å². The molecule has 0 saturated heterocycles. The Bertz CT molecular complexity index is 1170. The highest BCUT2D eigenvalue weighted by atomic mass is 32.1. The lowest BCUT2D eigenvalue weighted by Crippen LogP contribution is -2.25. The number of aromatic nitrogens is 3. The average Bonchev–Trinajstić information content (AvgIpc) is 3.26. The number of halogens is 2. The van der Waals surface area contributed by atoms with Gasteiger partial charge in [0.2, 0.25) is 0 Å². The molecule has 0 atom stereocenters. The first-order valence-electron chi connectivity index (χ1n) is 8.35. The van der Waals surface area contributed by atoms with E-state index >= 15 is 0 Å². The van der Waals surface area contributed by atoms with Crippen LogP contribution >= 0.6 is 11.3 Å². The number of anilines is 1. The number of hydrogen-bond donors (Lipinski definition) is 1. The summed E-state index contributed by atoms with van der Waals surface area (Å²) in [4.78, 5) is 13.7. The van der Waals surface area contributed by atoms with Crippen LogP contribution in [0.1, 0.15) is 5.69 Å². The molecular formula is C19H12F2N4O2S. The fraction of sp³-hybridized carbons (Fsp3) is 0.105. The van der Waals surface area contributed by atoms with Gasteiger partial charge in [-0.2, -0.15) is 0 Å². The number of alkyl halides is 2. The first-order valence-corrected chi connectivity index (χ1v) is 9.23. The molecule has 1 aliphatic rings. The van der Waals surface area contributed by atoms with Crippen LogP contribution in [0.3, 0.4) is 0 Å². The summed E-state index contributed by atoms with van der Waals surface area (Å²) >= 11 is 1.45. The van der Waals surface area contributed by atoms with Crippen molar-refractivity contribution in [2.24, 2.45) is 0 Å². The Morgan fingerprint density at radius 1 is 1.04 bits per heavy atom. The van der Waals surface area contributed by atoms with Gasteiger partial charge in [-0.05, 0) is 29.8 Å². The zero-order valence-corrected chi connectivity index (χ0v) is 15.0. The maximum atomic E-state index is 13.3. The minimum Gasteiger partial charge on any atom is -0.395 e. The molecular weight excluding hydrogens is 386 g/mol. The minimum absolute atomic E-state index is 0.00157. The lowest BCUT2D eigenvalue weighted by molar-refractivity contribution is -0.286. The number of pyridine rings is 1. The predicted octanol–water partition coefficient (Wildman–Crippen LogP) is 4.69. The number of benzene rings is 1. The third kappa shape index (κ3) is 2.99. The zero-order valence-electron chi connectivity index (χ0n) is 14.2. The van der Waals surface area contributed by atoms with Gasteiger partial charge in [0.05, 0.1) is 17.6 Å². The second-order valence-electron chi connectivity index (χ2n) is 6.06. The Kier molecular flexibility index (Phi) is 3.83. The molecule has 6 nitrogen and oxygen atoms in total. The fourth-order valence-corrected chi connectivity index (χ4v) is 3.93. The van der Waals surface area contributed by atoms with E-state index in [0.717, 1.165) is 21.5 Å². The molecule has 1 aliphatic heterocycles. The number of ether oxygens (including phenoxy) is 2. The molecule has 140 valence electrons. The van der Waals surface area contributed by atoms with Crippen LogP contribution in [0.4, 0.5) is 14.6 Å². The molecule has 1 N–H and O–H groups in total. The van der Waals surface area contributed by atoms with E-state index in [1.165, 1.54) is 29.8 Å². The molecule has 4 heterocycles. The van der Waals surface area contributed by atoms with Gasteiger partial charge in [-0.1, -0.05) is 12.1 Å². The van der Waals surface area contributed by atoms with E-state index in [9.17, 15) is 8.78 Å². The van der Waals surface area contributed by atoms with E-state index in [4.69, 9.17) is 0 Å². The Morgan fingerprint density at radius 3 is 2.79 bits per heavy atom. The van der Waals surface area contributed by atoms with E-state index < -0.39 is 6.29 Å². The summed E-state index contributed by atoms with van der Waals surface area (Å²) in [5.74, 6) is 0.662. The molecule has 0 spiro atoms. The molecule has 4 aromatic rings. The minimum atomic E-state index is -3.64. The summed E-state index contributed by atoms with van der Waals surface area (Å²) in [5.41, 5.74) is 2.41. The maximum absolute atomic E-state index is 13.3. The van der Waals surface area contributed by atoms with Crippen molar-refractivity contribution in [1.82, 2.24) is 15.0 Å². The smallest absolute Gasteiger partial charge is 0.395 e. The van der Waals surface area contributed by atoms with Gasteiger partial charge in [-0.3, -0.25) is 4.98 Å². The summed E-state index contributed by atoms with van der Waals surface area (Å²) < 4.78 is 35.7. The number of fused-ring (bicyclic) bond motifs is 2. The summed E-state index contributed by atoms with van der Waals surface area (Å²) in [6.07, 6.45) is -0.426. The first kappa shape index (κ1) is 16.8. The van der Waals surface area contributed by atoms with E-state index in [-0.39, 0.29) is 11.5 Å². The van der Waals surface area contributed by atoms with Crippen LogP contribution in [-0.4, -0.2) is 21.2 Å². The highest BCUT2D eigenvalue weighted by Crippen LogP contribution is 2.45. The molecule has 0 unspecified atom stereocenters. The Balaban J connectivity index is 1.53. The quantitative estimate of drug-likeness (QED) is 0.538. The Labute approximate surface area is 161 Å². The summed E-state index contributed by atoms with van der Waals surface area (Å²) in [5, 5.41) is 6.01. The zero-order chi connectivity index (χ0) is 19.1. The molecule has 0 bridgehead atoms. The van der Waals surface area contributed by atoms with Crippen LogP contribution in [0, 0.1) is 0 Å². The molecule has 0 saturated carbocycles.